The van der Waals surface area contributed by atoms with Crippen LogP contribution >= 0.6 is 0 Å². The molecule has 7 heteroatoms. The van der Waals surface area contributed by atoms with Crippen LogP contribution in [0.1, 0.15) is 41.7 Å². The first-order chi connectivity index (χ1) is 12.0. The number of aliphatic carboxylic acids is 1. The van der Waals surface area contributed by atoms with Gasteiger partial charge in [-0.3, -0.25) is 9.59 Å². The lowest BCUT2D eigenvalue weighted by Gasteiger charge is -2.32. The van der Waals surface area contributed by atoms with Crippen molar-refractivity contribution in [1.29, 1.82) is 0 Å². The van der Waals surface area contributed by atoms with Crippen LogP contribution in [0.15, 0.2) is 30.5 Å². The Hall–Kier alpha value is -2.70. The predicted molar refractivity (Wildman–Crippen MR) is 91.6 cm³/mol. The van der Waals surface area contributed by atoms with E-state index in [1.807, 2.05) is 31.2 Å². The van der Waals surface area contributed by atoms with Crippen molar-refractivity contribution in [3.05, 3.63) is 41.7 Å². The monoisotopic (exact) mass is 342 g/mol. The van der Waals surface area contributed by atoms with Crippen LogP contribution in [0.25, 0.3) is 5.69 Å². The van der Waals surface area contributed by atoms with Gasteiger partial charge in [-0.15, -0.1) is 5.10 Å². The van der Waals surface area contributed by atoms with E-state index < -0.39 is 5.97 Å². The lowest BCUT2D eigenvalue weighted by atomic mass is 9.93. The zero-order valence-corrected chi connectivity index (χ0v) is 14.3. The fourth-order valence-corrected chi connectivity index (χ4v) is 3.16. The van der Waals surface area contributed by atoms with Gasteiger partial charge in [-0.05, 0) is 44.2 Å². The first kappa shape index (κ1) is 17.1. The van der Waals surface area contributed by atoms with Gasteiger partial charge in [0.2, 0.25) is 0 Å². The molecule has 1 aromatic carbocycles. The molecular weight excluding hydrogens is 320 g/mol. The van der Waals surface area contributed by atoms with Crippen molar-refractivity contribution in [3.8, 4) is 5.69 Å². The average molecular weight is 342 g/mol. The number of amides is 1. The van der Waals surface area contributed by atoms with Crippen LogP contribution in [0.2, 0.25) is 0 Å². The topological polar surface area (TPSA) is 88.3 Å². The van der Waals surface area contributed by atoms with Gasteiger partial charge in [0, 0.05) is 19.5 Å². The van der Waals surface area contributed by atoms with Gasteiger partial charge in [0.1, 0.15) is 0 Å². The summed E-state index contributed by atoms with van der Waals surface area (Å²) in [5, 5.41) is 16.9. The summed E-state index contributed by atoms with van der Waals surface area (Å²) < 4.78 is 1.60. The standard InChI is InChI=1S/C18H22N4O3/c1-13-4-7-15(8-5-13)22-12-16(19-20-22)18(25)21-10-2-3-14(11-21)6-9-17(23)24/h4-5,7-8,12,14H,2-3,6,9-11H2,1H3,(H,23,24). The molecule has 25 heavy (non-hydrogen) atoms. The van der Waals surface area contributed by atoms with Crippen molar-refractivity contribution in [2.45, 2.75) is 32.6 Å². The highest BCUT2D eigenvalue weighted by atomic mass is 16.4. The number of nitrogens with zero attached hydrogens (tertiary/aromatic N) is 4. The summed E-state index contributed by atoms with van der Waals surface area (Å²) in [5.41, 5.74) is 2.33. The highest BCUT2D eigenvalue weighted by Crippen LogP contribution is 2.22. The van der Waals surface area contributed by atoms with Gasteiger partial charge in [0.15, 0.2) is 5.69 Å². The number of hydrogen-bond acceptors (Lipinski definition) is 4. The van der Waals surface area contributed by atoms with Crippen LogP contribution < -0.4 is 0 Å². The van der Waals surface area contributed by atoms with Gasteiger partial charge >= 0.3 is 5.97 Å². The second-order valence-electron chi connectivity index (χ2n) is 6.58. The van der Waals surface area contributed by atoms with E-state index in [0.717, 1.165) is 24.1 Å². The summed E-state index contributed by atoms with van der Waals surface area (Å²) in [6.45, 7) is 3.28. The van der Waals surface area contributed by atoms with E-state index in [2.05, 4.69) is 10.3 Å². The van der Waals surface area contributed by atoms with Gasteiger partial charge in [-0.25, -0.2) is 4.68 Å². The number of carbonyl (C=O) groups is 2. The summed E-state index contributed by atoms with van der Waals surface area (Å²) in [4.78, 5) is 25.2. The van der Waals surface area contributed by atoms with Gasteiger partial charge in [-0.2, -0.15) is 0 Å². The zero-order valence-electron chi connectivity index (χ0n) is 14.3. The molecule has 0 bridgehead atoms. The van der Waals surface area contributed by atoms with E-state index in [-0.39, 0.29) is 18.2 Å². The lowest BCUT2D eigenvalue weighted by Crippen LogP contribution is -2.40. The number of carboxylic acids is 1. The van der Waals surface area contributed by atoms with E-state index in [4.69, 9.17) is 5.11 Å². The smallest absolute Gasteiger partial charge is 0.303 e. The van der Waals surface area contributed by atoms with E-state index >= 15 is 0 Å². The van der Waals surface area contributed by atoms with Crippen molar-refractivity contribution in [2.75, 3.05) is 13.1 Å². The largest absolute Gasteiger partial charge is 0.481 e. The Morgan fingerprint density at radius 3 is 2.76 bits per heavy atom. The second kappa shape index (κ2) is 7.46. The van der Waals surface area contributed by atoms with Crippen molar-refractivity contribution in [3.63, 3.8) is 0 Å². The van der Waals surface area contributed by atoms with Crippen LogP contribution in [0, 0.1) is 12.8 Å². The molecule has 3 rings (SSSR count). The predicted octanol–water partition coefficient (Wildman–Crippen LogP) is 2.29. The van der Waals surface area contributed by atoms with Gasteiger partial charge in [-0.1, -0.05) is 22.9 Å². The fraction of sp³-hybridized carbons (Fsp3) is 0.444. The Morgan fingerprint density at radius 2 is 2.04 bits per heavy atom. The minimum absolute atomic E-state index is 0.140. The summed E-state index contributed by atoms with van der Waals surface area (Å²) in [5.74, 6) is -0.691. The molecule has 132 valence electrons. The average Bonchev–Trinajstić information content (AvgIpc) is 3.10. The first-order valence-corrected chi connectivity index (χ1v) is 8.53. The third kappa shape index (κ3) is 4.23. The van der Waals surface area contributed by atoms with Crippen LogP contribution in [0.5, 0.6) is 0 Å². The van der Waals surface area contributed by atoms with E-state index in [1.165, 1.54) is 0 Å². The molecule has 1 fully saturated rings. The van der Waals surface area contributed by atoms with E-state index in [1.54, 1.807) is 15.8 Å². The quantitative estimate of drug-likeness (QED) is 0.900. The fourth-order valence-electron chi connectivity index (χ4n) is 3.16. The molecule has 1 aliphatic rings. The molecule has 1 saturated heterocycles. The number of likely N-dealkylation sites (tertiary alicyclic amines) is 1. The minimum Gasteiger partial charge on any atom is -0.481 e. The molecule has 0 saturated carbocycles. The summed E-state index contributed by atoms with van der Waals surface area (Å²) in [7, 11) is 0. The second-order valence-corrected chi connectivity index (χ2v) is 6.58. The Morgan fingerprint density at radius 1 is 1.28 bits per heavy atom. The maximum atomic E-state index is 12.7. The molecule has 2 aromatic rings. The SMILES string of the molecule is Cc1ccc(-n2cc(C(=O)N3CCCC(CCC(=O)O)C3)nn2)cc1. The lowest BCUT2D eigenvalue weighted by molar-refractivity contribution is -0.137. The number of rotatable bonds is 5. The number of carboxylic acid groups (broad SMARTS) is 1. The summed E-state index contributed by atoms with van der Waals surface area (Å²) in [6, 6.07) is 7.83. The first-order valence-electron chi connectivity index (χ1n) is 8.53. The molecule has 1 aliphatic heterocycles. The molecule has 7 nitrogen and oxygen atoms in total. The molecular formula is C18H22N4O3. The molecule has 0 radical (unpaired) electrons. The number of hydrogen-bond donors (Lipinski definition) is 1. The van der Waals surface area contributed by atoms with Gasteiger partial charge < -0.3 is 10.0 Å². The van der Waals surface area contributed by atoms with Crippen molar-refractivity contribution in [2.24, 2.45) is 5.92 Å². The number of benzene rings is 1. The Balaban J connectivity index is 1.66. The molecule has 1 amide bonds. The third-order valence-electron chi connectivity index (χ3n) is 4.58. The molecule has 0 spiro atoms. The van der Waals surface area contributed by atoms with Crippen molar-refractivity contribution >= 4 is 11.9 Å². The molecule has 1 atom stereocenters. The summed E-state index contributed by atoms with van der Waals surface area (Å²) in [6.07, 6.45) is 4.26. The number of piperidine rings is 1. The van der Waals surface area contributed by atoms with Crippen LogP contribution in [-0.2, 0) is 4.79 Å². The van der Waals surface area contributed by atoms with E-state index in [9.17, 15) is 9.59 Å². The van der Waals surface area contributed by atoms with Crippen LogP contribution in [-0.4, -0.2) is 50.0 Å². The highest BCUT2D eigenvalue weighted by molar-refractivity contribution is 5.92. The zero-order chi connectivity index (χ0) is 17.8. The van der Waals surface area contributed by atoms with Crippen molar-refractivity contribution < 1.29 is 14.7 Å². The third-order valence-corrected chi connectivity index (χ3v) is 4.58. The minimum atomic E-state index is -0.788. The van der Waals surface area contributed by atoms with Crippen LogP contribution in [0.3, 0.4) is 0 Å². The summed E-state index contributed by atoms with van der Waals surface area (Å²) >= 11 is 0. The van der Waals surface area contributed by atoms with Gasteiger partial charge in [0.05, 0.1) is 11.9 Å². The molecule has 1 N–H and O–H groups in total. The molecule has 1 aromatic heterocycles. The van der Waals surface area contributed by atoms with E-state index in [0.29, 0.717) is 25.2 Å². The molecule has 0 aliphatic carbocycles. The Kier molecular flexibility index (Phi) is 5.11. The van der Waals surface area contributed by atoms with Crippen molar-refractivity contribution in [1.82, 2.24) is 19.9 Å². The molecule has 2 heterocycles. The maximum absolute atomic E-state index is 12.7. The number of aryl methyl sites for hydroxylation is 1. The maximum Gasteiger partial charge on any atom is 0.303 e. The van der Waals surface area contributed by atoms with Crippen LogP contribution in [0.4, 0.5) is 0 Å². The molecule has 1 unspecified atom stereocenters. The number of carbonyl (C=O) groups excluding carboxylic acids is 1. The highest BCUT2D eigenvalue weighted by Gasteiger charge is 2.26. The Bertz CT molecular complexity index is 754. The number of aromatic nitrogens is 3. The Labute approximate surface area is 146 Å². The normalized spacial score (nSPS) is 17.5. The van der Waals surface area contributed by atoms with Gasteiger partial charge in [0.25, 0.3) is 5.91 Å².